The van der Waals surface area contributed by atoms with Crippen molar-refractivity contribution in [1.82, 2.24) is 9.78 Å². The van der Waals surface area contributed by atoms with Gasteiger partial charge in [0.15, 0.2) is 0 Å². The van der Waals surface area contributed by atoms with Crippen LogP contribution < -0.4 is 0 Å². The lowest BCUT2D eigenvalue weighted by Gasteiger charge is -2.03. The largest absolute Gasteiger partial charge is 0.287 e. The van der Waals surface area contributed by atoms with Crippen LogP contribution in [0.5, 0.6) is 0 Å². The van der Waals surface area contributed by atoms with E-state index in [0.717, 1.165) is 12.1 Å². The van der Waals surface area contributed by atoms with Gasteiger partial charge in [0.1, 0.15) is 17.3 Å². The summed E-state index contributed by atoms with van der Waals surface area (Å²) >= 11 is 0. The Morgan fingerprint density at radius 3 is 2.35 bits per heavy atom. The van der Waals surface area contributed by atoms with Crippen LogP contribution in [0.4, 0.5) is 8.78 Å². The average Bonchev–Trinajstić information content (AvgIpc) is 2.57. The number of carbonyl (C=O) groups excluding carboxylic acids is 1. The van der Waals surface area contributed by atoms with Crippen molar-refractivity contribution in [2.45, 2.75) is 6.92 Å². The predicted molar refractivity (Wildman–Crippen MR) is 57.7 cm³/mol. The number of nitrogens with zero attached hydrogens (tertiary/aromatic N) is 2. The average molecular weight is 236 g/mol. The third-order valence-corrected chi connectivity index (χ3v) is 2.42. The molecule has 5 heteroatoms. The van der Waals surface area contributed by atoms with Gasteiger partial charge >= 0.3 is 0 Å². The fourth-order valence-electron chi connectivity index (χ4n) is 1.67. The summed E-state index contributed by atoms with van der Waals surface area (Å²) in [6, 6.07) is 4.82. The van der Waals surface area contributed by atoms with E-state index in [1.165, 1.54) is 16.8 Å². The van der Waals surface area contributed by atoms with Crippen LogP contribution in [-0.4, -0.2) is 15.6 Å². The second kappa shape index (κ2) is 4.08. The molecule has 0 saturated heterocycles. The lowest BCUT2D eigenvalue weighted by atomic mass is 10.1. The summed E-state index contributed by atoms with van der Waals surface area (Å²) in [7, 11) is 1.55. The number of hydrogen-bond donors (Lipinski definition) is 0. The van der Waals surface area contributed by atoms with E-state index in [9.17, 15) is 13.6 Å². The first-order valence-corrected chi connectivity index (χ1v) is 5.00. The Morgan fingerprint density at radius 1 is 1.29 bits per heavy atom. The highest BCUT2D eigenvalue weighted by Crippen LogP contribution is 2.17. The normalized spacial score (nSPS) is 10.6. The van der Waals surface area contributed by atoms with E-state index in [1.807, 2.05) is 0 Å². The lowest BCUT2D eigenvalue weighted by molar-refractivity contribution is 0.102. The maximum absolute atomic E-state index is 13.4. The van der Waals surface area contributed by atoms with Crippen molar-refractivity contribution < 1.29 is 13.6 Å². The molecule has 2 aromatic rings. The molecule has 1 aromatic carbocycles. The molecule has 0 atom stereocenters. The molecule has 0 spiro atoms. The van der Waals surface area contributed by atoms with Gasteiger partial charge in [0.05, 0.1) is 11.3 Å². The Hall–Kier alpha value is -2.04. The van der Waals surface area contributed by atoms with Crippen LogP contribution in [0.15, 0.2) is 24.3 Å². The third-order valence-electron chi connectivity index (χ3n) is 2.42. The summed E-state index contributed by atoms with van der Waals surface area (Å²) in [5, 5.41) is 3.97. The van der Waals surface area contributed by atoms with Crippen LogP contribution >= 0.6 is 0 Å². The van der Waals surface area contributed by atoms with Crippen molar-refractivity contribution in [2.24, 2.45) is 7.05 Å². The Kier molecular flexibility index (Phi) is 2.75. The van der Waals surface area contributed by atoms with Gasteiger partial charge in [-0.05, 0) is 25.1 Å². The molecule has 0 N–H and O–H groups in total. The van der Waals surface area contributed by atoms with Crippen molar-refractivity contribution in [3.8, 4) is 0 Å². The molecule has 0 bridgehead atoms. The number of rotatable bonds is 2. The molecule has 0 aliphatic carbocycles. The summed E-state index contributed by atoms with van der Waals surface area (Å²) in [4.78, 5) is 12.0. The third kappa shape index (κ3) is 1.95. The van der Waals surface area contributed by atoms with Gasteiger partial charge < -0.3 is 0 Å². The van der Waals surface area contributed by atoms with Crippen LogP contribution in [-0.2, 0) is 7.05 Å². The number of aryl methyl sites for hydroxylation is 2. The van der Waals surface area contributed by atoms with Crippen LogP contribution in [0.3, 0.4) is 0 Å². The van der Waals surface area contributed by atoms with Gasteiger partial charge in [-0.15, -0.1) is 0 Å². The number of ketones is 1. The van der Waals surface area contributed by atoms with Crippen LogP contribution in [0.1, 0.15) is 21.7 Å². The Labute approximate surface area is 96.7 Å². The fourth-order valence-corrected chi connectivity index (χ4v) is 1.67. The summed E-state index contributed by atoms with van der Waals surface area (Å²) in [5.41, 5.74) is 0.231. The minimum atomic E-state index is -0.867. The summed E-state index contributed by atoms with van der Waals surface area (Å²) in [6.07, 6.45) is 0. The first-order chi connectivity index (χ1) is 8.00. The van der Waals surface area contributed by atoms with Gasteiger partial charge in [0.2, 0.25) is 5.78 Å². The number of carbonyl (C=O) groups is 1. The quantitative estimate of drug-likeness (QED) is 0.749. The van der Waals surface area contributed by atoms with Crippen molar-refractivity contribution >= 4 is 5.78 Å². The maximum Gasteiger partial charge on any atom is 0.216 e. The Bertz CT molecular complexity index is 570. The van der Waals surface area contributed by atoms with E-state index in [2.05, 4.69) is 5.10 Å². The molecule has 0 aliphatic heterocycles. The molecular weight excluding hydrogens is 226 g/mol. The lowest BCUT2D eigenvalue weighted by Crippen LogP contribution is -2.12. The van der Waals surface area contributed by atoms with E-state index in [0.29, 0.717) is 5.69 Å². The van der Waals surface area contributed by atoms with Gasteiger partial charge in [-0.2, -0.15) is 5.10 Å². The molecule has 0 saturated carbocycles. The predicted octanol–water partition coefficient (Wildman–Crippen LogP) is 2.24. The van der Waals surface area contributed by atoms with Gasteiger partial charge in [0.25, 0.3) is 0 Å². The number of benzene rings is 1. The summed E-state index contributed by atoms with van der Waals surface area (Å²) in [5.74, 6) is -2.44. The summed E-state index contributed by atoms with van der Waals surface area (Å²) < 4.78 is 28.2. The zero-order valence-corrected chi connectivity index (χ0v) is 9.37. The van der Waals surface area contributed by atoms with E-state index in [4.69, 9.17) is 0 Å². The van der Waals surface area contributed by atoms with E-state index in [1.54, 1.807) is 14.0 Å². The van der Waals surface area contributed by atoms with Gasteiger partial charge in [0, 0.05) is 7.05 Å². The zero-order chi connectivity index (χ0) is 12.6. The molecule has 1 heterocycles. The highest BCUT2D eigenvalue weighted by atomic mass is 19.1. The van der Waals surface area contributed by atoms with Crippen LogP contribution in [0.2, 0.25) is 0 Å². The van der Waals surface area contributed by atoms with E-state index < -0.39 is 23.0 Å². The fraction of sp³-hybridized carbons (Fsp3) is 0.167. The minimum absolute atomic E-state index is 0.159. The molecule has 88 valence electrons. The van der Waals surface area contributed by atoms with Gasteiger partial charge in [-0.1, -0.05) is 6.07 Å². The second-order valence-electron chi connectivity index (χ2n) is 3.72. The SMILES string of the molecule is Cc1cc(C(=O)c2c(F)cccc2F)n(C)n1. The monoisotopic (exact) mass is 236 g/mol. The standard InChI is InChI=1S/C12H10F2N2O/c1-7-6-10(16(2)15-7)12(17)11-8(13)4-3-5-9(11)14/h3-6H,1-2H3. The first kappa shape index (κ1) is 11.4. The van der Waals surface area contributed by atoms with E-state index in [-0.39, 0.29) is 5.69 Å². The molecular formula is C12H10F2N2O. The molecule has 0 fully saturated rings. The zero-order valence-electron chi connectivity index (χ0n) is 9.37. The molecule has 17 heavy (non-hydrogen) atoms. The van der Waals surface area contributed by atoms with Crippen molar-refractivity contribution in [3.05, 3.63) is 52.9 Å². The van der Waals surface area contributed by atoms with Gasteiger partial charge in [-0.25, -0.2) is 8.78 Å². The topological polar surface area (TPSA) is 34.9 Å². The number of aromatic nitrogens is 2. The molecule has 0 radical (unpaired) electrons. The van der Waals surface area contributed by atoms with Gasteiger partial charge in [-0.3, -0.25) is 9.48 Å². The highest BCUT2D eigenvalue weighted by Gasteiger charge is 2.21. The molecule has 2 rings (SSSR count). The van der Waals surface area contributed by atoms with Crippen molar-refractivity contribution in [1.29, 1.82) is 0 Å². The van der Waals surface area contributed by atoms with Crippen molar-refractivity contribution in [3.63, 3.8) is 0 Å². The maximum atomic E-state index is 13.4. The van der Waals surface area contributed by atoms with E-state index >= 15 is 0 Å². The van der Waals surface area contributed by atoms with Crippen LogP contribution in [0.25, 0.3) is 0 Å². The molecule has 3 nitrogen and oxygen atoms in total. The van der Waals surface area contributed by atoms with Crippen molar-refractivity contribution in [2.75, 3.05) is 0 Å². The Morgan fingerprint density at radius 2 is 1.88 bits per heavy atom. The molecule has 0 aliphatic rings. The van der Waals surface area contributed by atoms with Crippen LogP contribution in [0, 0.1) is 18.6 Å². The number of hydrogen-bond acceptors (Lipinski definition) is 2. The minimum Gasteiger partial charge on any atom is -0.287 e. The molecule has 0 amide bonds. The second-order valence-corrected chi connectivity index (χ2v) is 3.72. The Balaban J connectivity index is 2.55. The molecule has 0 unspecified atom stereocenters. The first-order valence-electron chi connectivity index (χ1n) is 5.00. The molecule has 1 aromatic heterocycles. The summed E-state index contributed by atoms with van der Waals surface area (Å²) in [6.45, 7) is 1.70. The highest BCUT2D eigenvalue weighted by molar-refractivity contribution is 6.08. The smallest absolute Gasteiger partial charge is 0.216 e. The number of halogens is 2.